The zero-order valence-electron chi connectivity index (χ0n) is 50.8. The Hall–Kier alpha value is -6.71. The average molecular weight is 1200 g/mol. The molecule has 26 heteroatoms. The number of ketones is 2. The minimum atomic E-state index is -3.27. The maximum Gasteiger partial charge on any atom is 0.414 e. The standard InChI is InChI=1S/C60H83F2N11O13/c1-11-48-60(8)51(72(57(79)86-60)21-13-12-20-70-34-45(65-67-70)39-15-14-16-40(63)28-39)37(4)49(74)35(2)30-58(6,80-10)53(38(5)52(76)59(7,62)55(77)84-48)85-54-50(75)47(27-36(3)82-54)68(9)22-19-41-31-71(66-64-41)32-43-33-73(56(78)83-43)42-17-18-46(44(61)29-42)69-23-25-81-26-24-69/h14-18,28-29,31,34-38,43,47-48,50-51,53-54,75H,11-13,19-27,30,32-33,63H2,1-10H3/t35-,36-,37+,38+,43-,47+,48-,50-,51-,53-,54+,58-,59+,60-/m1/s1. The van der Waals surface area contributed by atoms with Gasteiger partial charge >= 0.3 is 18.2 Å². The Bertz CT molecular complexity index is 3070. The molecule has 0 bridgehead atoms. The van der Waals surface area contributed by atoms with E-state index in [0.717, 1.165) is 12.5 Å². The lowest BCUT2D eigenvalue weighted by atomic mass is 9.73. The summed E-state index contributed by atoms with van der Waals surface area (Å²) in [5.74, 6) is -6.68. The molecule has 0 spiro atoms. The van der Waals surface area contributed by atoms with Crippen LogP contribution in [-0.2, 0) is 67.1 Å². The van der Waals surface area contributed by atoms with Gasteiger partial charge in [0, 0.05) is 87.5 Å². The van der Waals surface area contributed by atoms with E-state index in [1.54, 1.807) is 80.6 Å². The summed E-state index contributed by atoms with van der Waals surface area (Å²) in [4.78, 5) is 77.7. The molecule has 14 atom stereocenters. The topological polar surface area (TPSA) is 271 Å². The van der Waals surface area contributed by atoms with Crippen LogP contribution in [0.25, 0.3) is 11.3 Å². The van der Waals surface area contributed by atoms with Gasteiger partial charge < -0.3 is 58.7 Å². The fraction of sp³-hybridized carbons (Fsp3) is 0.650. The van der Waals surface area contributed by atoms with Crippen molar-refractivity contribution >= 4 is 46.8 Å². The molecule has 3 N–H and O–H groups in total. The van der Waals surface area contributed by atoms with E-state index in [-0.39, 0.29) is 38.3 Å². The minimum Gasteiger partial charge on any atom is -0.455 e. The first-order chi connectivity index (χ1) is 40.8. The smallest absolute Gasteiger partial charge is 0.414 e. The number of nitrogen functional groups attached to an aromatic ring is 1. The third-order valence-corrected chi connectivity index (χ3v) is 18.0. The van der Waals surface area contributed by atoms with Crippen molar-refractivity contribution in [2.24, 2.45) is 17.8 Å². The van der Waals surface area contributed by atoms with Gasteiger partial charge in [-0.25, -0.2) is 27.8 Å². The largest absolute Gasteiger partial charge is 0.455 e. The highest BCUT2D eigenvalue weighted by Crippen LogP contribution is 2.44. The molecule has 0 aliphatic carbocycles. The second-order valence-corrected chi connectivity index (χ2v) is 24.3. The molecule has 2 aromatic heterocycles. The van der Waals surface area contributed by atoms with E-state index in [1.807, 2.05) is 35.9 Å². The van der Waals surface area contributed by atoms with Crippen molar-refractivity contribution in [2.45, 2.75) is 173 Å². The molecular weight excluding hydrogens is 1120 g/mol. The number of morpholine rings is 1. The molecule has 470 valence electrons. The predicted molar refractivity (Wildman–Crippen MR) is 309 cm³/mol. The number of cyclic esters (lactones) is 2. The molecule has 2 amide bonds. The molecule has 0 unspecified atom stereocenters. The molecule has 5 aliphatic heterocycles. The zero-order valence-corrected chi connectivity index (χ0v) is 50.8. The summed E-state index contributed by atoms with van der Waals surface area (Å²) in [6.07, 6.45) is -2.65. The van der Waals surface area contributed by atoms with E-state index >= 15 is 13.6 Å². The van der Waals surface area contributed by atoms with Crippen LogP contribution in [0.5, 0.6) is 0 Å². The van der Waals surface area contributed by atoms with Crippen LogP contribution in [0.1, 0.15) is 93.2 Å². The van der Waals surface area contributed by atoms with Crippen molar-refractivity contribution in [3.05, 3.63) is 66.4 Å². The van der Waals surface area contributed by atoms with Crippen LogP contribution >= 0.6 is 0 Å². The fourth-order valence-electron chi connectivity index (χ4n) is 13.2. The minimum absolute atomic E-state index is 0.0339. The Morgan fingerprint density at radius 1 is 0.907 bits per heavy atom. The monoisotopic (exact) mass is 1200 g/mol. The maximum atomic E-state index is 17.4. The van der Waals surface area contributed by atoms with Crippen LogP contribution in [0.2, 0.25) is 0 Å². The lowest BCUT2D eigenvalue weighted by Crippen LogP contribution is -2.62. The number of aromatic nitrogens is 6. The van der Waals surface area contributed by atoms with Crippen LogP contribution in [-0.4, -0.2) is 200 Å². The Morgan fingerprint density at radius 3 is 2.35 bits per heavy atom. The Labute approximate surface area is 499 Å². The quantitative estimate of drug-likeness (QED) is 0.0391. The van der Waals surface area contributed by atoms with Gasteiger partial charge in [0.1, 0.15) is 35.6 Å². The summed E-state index contributed by atoms with van der Waals surface area (Å²) in [5.41, 5.74) is 2.97. The third-order valence-electron chi connectivity index (χ3n) is 18.0. The number of rotatable bonds is 18. The lowest BCUT2D eigenvalue weighted by molar-refractivity contribution is -0.296. The van der Waals surface area contributed by atoms with Gasteiger partial charge in [0.25, 0.3) is 5.67 Å². The molecule has 2 aromatic carbocycles. The lowest BCUT2D eigenvalue weighted by Gasteiger charge is -2.47. The number of nitrogens with two attached hydrogens (primary N) is 1. The number of nitrogens with zero attached hydrogens (tertiary/aromatic N) is 10. The predicted octanol–water partition coefficient (Wildman–Crippen LogP) is 5.81. The van der Waals surface area contributed by atoms with Crippen LogP contribution in [0.3, 0.4) is 0 Å². The molecule has 7 heterocycles. The second-order valence-electron chi connectivity index (χ2n) is 24.3. The van der Waals surface area contributed by atoms with Crippen molar-refractivity contribution in [2.75, 3.05) is 75.6 Å². The van der Waals surface area contributed by atoms with Gasteiger partial charge in [-0.15, -0.1) is 10.2 Å². The number of alkyl halides is 1. The average Bonchev–Trinajstić information content (AvgIpc) is 2.18. The number of esters is 1. The van der Waals surface area contributed by atoms with Crippen LogP contribution < -0.4 is 15.5 Å². The second kappa shape index (κ2) is 26.3. The van der Waals surface area contributed by atoms with Gasteiger partial charge in [-0.05, 0) is 97.2 Å². The third kappa shape index (κ3) is 13.4. The van der Waals surface area contributed by atoms with E-state index in [0.29, 0.717) is 93.5 Å². The first-order valence-electron chi connectivity index (χ1n) is 29.8. The summed E-state index contributed by atoms with van der Waals surface area (Å²) in [6, 6.07) is 10.4. The number of amides is 2. The highest BCUT2D eigenvalue weighted by molar-refractivity contribution is 6.08. The molecule has 5 saturated heterocycles. The number of Topliss-reactive ketones (excluding diaryl/α,β-unsaturated/α-hetero) is 2. The normalized spacial score (nSPS) is 32.3. The number of halogens is 2. The van der Waals surface area contributed by atoms with E-state index < -0.39 is 113 Å². The molecule has 24 nitrogen and oxygen atoms in total. The van der Waals surface area contributed by atoms with Gasteiger partial charge in [-0.3, -0.25) is 19.2 Å². The summed E-state index contributed by atoms with van der Waals surface area (Å²) in [6.45, 7) is 15.8. The summed E-state index contributed by atoms with van der Waals surface area (Å²) in [5, 5.41) is 29.4. The number of methoxy groups -OCH3 is 1. The van der Waals surface area contributed by atoms with Crippen molar-refractivity contribution in [3.63, 3.8) is 0 Å². The Kier molecular flexibility index (Phi) is 19.5. The number of benzene rings is 2. The first kappa shape index (κ1) is 63.8. The highest BCUT2D eigenvalue weighted by atomic mass is 19.1. The van der Waals surface area contributed by atoms with E-state index in [1.165, 1.54) is 29.9 Å². The van der Waals surface area contributed by atoms with Crippen molar-refractivity contribution in [1.82, 2.24) is 39.8 Å². The number of ether oxygens (including phenoxy) is 7. The molecule has 86 heavy (non-hydrogen) atoms. The van der Waals surface area contributed by atoms with Gasteiger partial charge in [0.05, 0.1) is 73.4 Å². The van der Waals surface area contributed by atoms with Gasteiger partial charge in [-0.1, -0.05) is 50.3 Å². The maximum absolute atomic E-state index is 17.4. The number of likely N-dealkylation sites (N-methyl/N-ethyl adjacent to an activating group) is 1. The number of carbonyl (C=O) groups is 5. The molecule has 4 aromatic rings. The number of fused-ring (bicyclic) bond motifs is 1. The van der Waals surface area contributed by atoms with Crippen LogP contribution in [0, 0.1) is 23.6 Å². The van der Waals surface area contributed by atoms with Gasteiger partial charge in [-0.2, -0.15) is 0 Å². The summed E-state index contributed by atoms with van der Waals surface area (Å²) in [7, 11) is 3.21. The van der Waals surface area contributed by atoms with Crippen molar-refractivity contribution in [1.29, 1.82) is 0 Å². The molecular formula is C60H83F2N11O13. The van der Waals surface area contributed by atoms with E-state index in [9.17, 15) is 24.3 Å². The molecule has 0 radical (unpaired) electrons. The summed E-state index contributed by atoms with van der Waals surface area (Å²) < 4.78 is 78.2. The number of hydrogen-bond acceptors (Lipinski definition) is 20. The molecule has 0 saturated carbocycles. The molecule has 5 aliphatic rings. The first-order valence-corrected chi connectivity index (χ1v) is 29.8. The number of unbranched alkanes of at least 4 members (excludes halogenated alkanes) is 1. The van der Waals surface area contributed by atoms with Gasteiger partial charge in [0.2, 0.25) is 0 Å². The van der Waals surface area contributed by atoms with Crippen molar-refractivity contribution in [3.8, 4) is 11.3 Å². The van der Waals surface area contributed by atoms with E-state index in [4.69, 9.17) is 38.9 Å². The Morgan fingerprint density at radius 2 is 1.64 bits per heavy atom. The van der Waals surface area contributed by atoms with E-state index in [2.05, 4.69) is 20.6 Å². The highest BCUT2D eigenvalue weighted by Gasteiger charge is 2.62. The number of aliphatic hydroxyl groups is 1. The fourth-order valence-corrected chi connectivity index (χ4v) is 13.2. The molecule has 5 fully saturated rings. The number of hydrogen-bond donors (Lipinski definition) is 2. The Balaban J connectivity index is 0.865. The number of aryl methyl sites for hydroxylation is 1. The number of carbonyl (C=O) groups excluding carboxylic acids is 5. The SMILES string of the molecule is CC[C@H]1OC(=O)[C@@](C)(F)C(=O)[C@H](C)[C@@H](O[C@@H]2O[C@H](C)C[C@H](N(C)CCc3cn(C[C@@H]4CN(c5ccc(N6CCOCC6)c(F)c5)C(=O)O4)nn3)[C@H]2O)[C@](C)(OC)C[C@@H](C)C(=O)[C@H](C)[C@H]2N(CCCCn3cc(-c4cccc(N)c4)nn3)C(=O)O[C@]12C. The summed E-state index contributed by atoms with van der Waals surface area (Å²) >= 11 is 0. The number of anilines is 3. The van der Waals surface area contributed by atoms with Crippen molar-refractivity contribution < 1.29 is 71.0 Å². The van der Waals surface area contributed by atoms with Gasteiger partial charge in [0.15, 0.2) is 17.7 Å². The number of aliphatic hydroxyl groups excluding tert-OH is 1. The molecule has 9 rings (SSSR count). The van der Waals surface area contributed by atoms with Crippen LogP contribution in [0.15, 0.2) is 54.9 Å². The zero-order chi connectivity index (χ0) is 62.0. The van der Waals surface area contributed by atoms with Crippen LogP contribution in [0.4, 0.5) is 35.4 Å².